The Morgan fingerprint density at radius 2 is 2.04 bits per heavy atom. The molecule has 0 aliphatic heterocycles. The van der Waals surface area contributed by atoms with E-state index >= 15 is 0 Å². The molecule has 1 aromatic carbocycles. The van der Waals surface area contributed by atoms with E-state index in [1.165, 1.54) is 29.5 Å². The number of benzene rings is 1. The van der Waals surface area contributed by atoms with Gasteiger partial charge in [0.25, 0.3) is 5.69 Å². The van der Waals surface area contributed by atoms with Crippen LogP contribution in [0.1, 0.15) is 24.4 Å². The second kappa shape index (κ2) is 7.59. The van der Waals surface area contributed by atoms with Gasteiger partial charge in [-0.15, -0.1) is 10.2 Å². The third kappa shape index (κ3) is 5.26. The molecule has 0 bridgehead atoms. The lowest BCUT2D eigenvalue weighted by atomic mass is 10.1. The van der Waals surface area contributed by atoms with Crippen LogP contribution in [0.4, 0.5) is 10.8 Å². The van der Waals surface area contributed by atoms with Gasteiger partial charge in [-0.05, 0) is 29.7 Å². The minimum Gasteiger partial charge on any atom is -0.297 e. The van der Waals surface area contributed by atoms with E-state index in [4.69, 9.17) is 0 Å². The molecular formula is C15H16N4O3S. The number of nitrogens with one attached hydrogen (secondary N) is 1. The molecule has 23 heavy (non-hydrogen) atoms. The van der Waals surface area contributed by atoms with Gasteiger partial charge in [0.05, 0.1) is 4.92 Å². The van der Waals surface area contributed by atoms with E-state index in [-0.39, 0.29) is 11.6 Å². The summed E-state index contributed by atoms with van der Waals surface area (Å²) in [4.78, 5) is 21.9. The molecule has 0 unspecified atom stereocenters. The van der Waals surface area contributed by atoms with Crippen LogP contribution in [0.25, 0.3) is 6.08 Å². The van der Waals surface area contributed by atoms with Gasteiger partial charge in [-0.3, -0.25) is 20.2 Å². The molecule has 0 radical (unpaired) electrons. The molecule has 2 rings (SSSR count). The summed E-state index contributed by atoms with van der Waals surface area (Å²) in [6.07, 6.45) is 3.76. The van der Waals surface area contributed by atoms with E-state index in [0.29, 0.717) is 16.6 Å². The molecule has 2 aromatic rings. The Morgan fingerprint density at radius 1 is 1.35 bits per heavy atom. The largest absolute Gasteiger partial charge is 0.297 e. The molecule has 1 N–H and O–H groups in total. The molecule has 120 valence electrons. The molecule has 7 nitrogen and oxygen atoms in total. The molecule has 0 aliphatic rings. The zero-order valence-electron chi connectivity index (χ0n) is 12.7. The average Bonchev–Trinajstić information content (AvgIpc) is 2.91. The predicted molar refractivity (Wildman–Crippen MR) is 89.2 cm³/mol. The van der Waals surface area contributed by atoms with Gasteiger partial charge in [0.15, 0.2) is 0 Å². The van der Waals surface area contributed by atoms with Gasteiger partial charge >= 0.3 is 0 Å². The summed E-state index contributed by atoms with van der Waals surface area (Å²) in [6, 6.07) is 5.93. The summed E-state index contributed by atoms with van der Waals surface area (Å²) in [5.41, 5.74) is 0.710. The number of carbonyl (C=O) groups is 1. The molecule has 1 aromatic heterocycles. The molecule has 0 atom stereocenters. The van der Waals surface area contributed by atoms with Crippen molar-refractivity contribution < 1.29 is 9.72 Å². The van der Waals surface area contributed by atoms with Gasteiger partial charge in [0.1, 0.15) is 5.01 Å². The molecule has 0 saturated carbocycles. The number of nitro benzene ring substituents is 1. The molecule has 0 saturated heterocycles. The Morgan fingerprint density at radius 3 is 2.65 bits per heavy atom. The van der Waals surface area contributed by atoms with Crippen molar-refractivity contribution in [3.05, 3.63) is 51.0 Å². The van der Waals surface area contributed by atoms with E-state index in [2.05, 4.69) is 29.4 Å². The van der Waals surface area contributed by atoms with Crippen molar-refractivity contribution in [3.8, 4) is 0 Å². The van der Waals surface area contributed by atoms with Crippen LogP contribution in [0.15, 0.2) is 30.3 Å². The van der Waals surface area contributed by atoms with Crippen molar-refractivity contribution in [2.24, 2.45) is 5.92 Å². The minimum absolute atomic E-state index is 0.0122. The van der Waals surface area contributed by atoms with Crippen molar-refractivity contribution in [1.29, 1.82) is 0 Å². The van der Waals surface area contributed by atoms with Crippen LogP contribution < -0.4 is 5.32 Å². The number of nitro groups is 1. The smallest absolute Gasteiger partial charge is 0.269 e. The maximum Gasteiger partial charge on any atom is 0.269 e. The highest BCUT2D eigenvalue weighted by Gasteiger charge is 2.08. The minimum atomic E-state index is -0.468. The Bertz CT molecular complexity index is 723. The van der Waals surface area contributed by atoms with Crippen LogP contribution in [0.2, 0.25) is 0 Å². The molecule has 0 aliphatic carbocycles. The normalized spacial score (nSPS) is 11.1. The first-order valence-corrected chi connectivity index (χ1v) is 7.81. The Kier molecular flexibility index (Phi) is 5.53. The van der Waals surface area contributed by atoms with Crippen molar-refractivity contribution in [2.45, 2.75) is 20.3 Å². The van der Waals surface area contributed by atoms with Crippen molar-refractivity contribution in [2.75, 3.05) is 5.32 Å². The van der Waals surface area contributed by atoms with Crippen molar-refractivity contribution in [3.63, 3.8) is 0 Å². The molecule has 1 amide bonds. The SMILES string of the molecule is CC(C)Cc1nnc(NC(=O)C=Cc2ccc([N+](=O)[O-])cc2)s1. The second-order valence-electron chi connectivity index (χ2n) is 5.27. The number of nitrogens with zero attached hydrogens (tertiary/aromatic N) is 3. The van der Waals surface area contributed by atoms with Crippen LogP contribution in [-0.2, 0) is 11.2 Å². The standard InChI is InChI=1S/C15H16N4O3S/c1-10(2)9-14-17-18-15(23-14)16-13(20)8-5-11-3-6-12(7-4-11)19(21)22/h3-8,10H,9H2,1-2H3,(H,16,18,20). The van der Waals surface area contributed by atoms with E-state index in [0.717, 1.165) is 11.4 Å². The van der Waals surface area contributed by atoms with Gasteiger partial charge in [-0.25, -0.2) is 0 Å². The van der Waals surface area contributed by atoms with Crippen molar-refractivity contribution >= 4 is 34.1 Å². The summed E-state index contributed by atoms with van der Waals surface area (Å²) in [7, 11) is 0. The van der Waals surface area contributed by atoms with Crippen molar-refractivity contribution in [1.82, 2.24) is 10.2 Å². The molecule has 8 heteroatoms. The number of carbonyl (C=O) groups excluding carboxylic acids is 1. The van der Waals surface area contributed by atoms with Gasteiger partial charge in [0.2, 0.25) is 11.0 Å². The maximum atomic E-state index is 11.8. The number of non-ortho nitro benzene ring substituents is 1. The van der Waals surface area contributed by atoms with E-state index in [9.17, 15) is 14.9 Å². The first kappa shape index (κ1) is 16.8. The Hall–Kier alpha value is -2.61. The summed E-state index contributed by atoms with van der Waals surface area (Å²) in [6.45, 7) is 4.18. The highest BCUT2D eigenvalue weighted by Crippen LogP contribution is 2.18. The maximum absolute atomic E-state index is 11.8. The fourth-order valence-corrected chi connectivity index (χ4v) is 2.72. The summed E-state index contributed by atoms with van der Waals surface area (Å²) in [5, 5.41) is 22.5. The highest BCUT2D eigenvalue weighted by molar-refractivity contribution is 7.15. The first-order valence-electron chi connectivity index (χ1n) is 7.00. The predicted octanol–water partition coefficient (Wildman–Crippen LogP) is 3.30. The fraction of sp³-hybridized carbons (Fsp3) is 0.267. The molecular weight excluding hydrogens is 316 g/mol. The number of anilines is 1. The topological polar surface area (TPSA) is 98.0 Å². The Balaban J connectivity index is 1.93. The van der Waals surface area contributed by atoms with Crippen LogP contribution in [-0.4, -0.2) is 21.0 Å². The summed E-state index contributed by atoms with van der Waals surface area (Å²) in [5.74, 6) is 0.157. The van der Waals surface area contributed by atoms with Crippen LogP contribution in [0, 0.1) is 16.0 Å². The first-order chi connectivity index (χ1) is 10.9. The number of hydrogen-bond acceptors (Lipinski definition) is 6. The number of hydrogen-bond donors (Lipinski definition) is 1. The third-order valence-electron chi connectivity index (χ3n) is 2.81. The molecule has 0 fully saturated rings. The zero-order chi connectivity index (χ0) is 16.8. The van der Waals surface area contributed by atoms with E-state index in [1.807, 2.05) is 0 Å². The molecule has 0 spiro atoms. The quantitative estimate of drug-likeness (QED) is 0.497. The number of amides is 1. The Labute approximate surface area is 137 Å². The van der Waals surface area contributed by atoms with Gasteiger partial charge in [-0.1, -0.05) is 25.2 Å². The van der Waals surface area contributed by atoms with Gasteiger partial charge in [0, 0.05) is 24.6 Å². The summed E-state index contributed by atoms with van der Waals surface area (Å²) < 4.78 is 0. The highest BCUT2D eigenvalue weighted by atomic mass is 32.1. The fourth-order valence-electron chi connectivity index (χ4n) is 1.76. The van der Waals surface area contributed by atoms with E-state index in [1.54, 1.807) is 18.2 Å². The van der Waals surface area contributed by atoms with Crippen LogP contribution >= 0.6 is 11.3 Å². The van der Waals surface area contributed by atoms with Crippen LogP contribution in [0.3, 0.4) is 0 Å². The lowest BCUT2D eigenvalue weighted by Crippen LogP contribution is -2.07. The second-order valence-corrected chi connectivity index (χ2v) is 6.33. The van der Waals surface area contributed by atoms with E-state index < -0.39 is 4.92 Å². The number of rotatable bonds is 6. The van der Waals surface area contributed by atoms with Gasteiger partial charge < -0.3 is 0 Å². The lowest BCUT2D eigenvalue weighted by molar-refractivity contribution is -0.384. The monoisotopic (exact) mass is 332 g/mol. The summed E-state index contributed by atoms with van der Waals surface area (Å²) >= 11 is 1.35. The van der Waals surface area contributed by atoms with Crippen LogP contribution in [0.5, 0.6) is 0 Å². The molecule has 1 heterocycles. The average molecular weight is 332 g/mol. The number of aromatic nitrogens is 2. The van der Waals surface area contributed by atoms with Gasteiger partial charge in [-0.2, -0.15) is 0 Å². The lowest BCUT2D eigenvalue weighted by Gasteiger charge is -1.97. The zero-order valence-corrected chi connectivity index (χ0v) is 13.5. The third-order valence-corrected chi connectivity index (χ3v) is 3.67.